The highest BCUT2D eigenvalue weighted by atomic mass is 32.2. The smallest absolute Gasteiger partial charge is 0.317 e. The molecule has 21 heavy (non-hydrogen) atoms. The lowest BCUT2D eigenvalue weighted by atomic mass is 10.0. The summed E-state index contributed by atoms with van der Waals surface area (Å²) in [6, 6.07) is 8.03. The SMILES string of the molecule is COC[C@@H](O)CN(C)C(=O)N[C@H]1CCSc2ccccc21. The van der Waals surface area contributed by atoms with E-state index in [-0.39, 0.29) is 25.2 Å². The first-order valence-electron chi connectivity index (χ1n) is 7.02. The Labute approximate surface area is 129 Å². The number of likely N-dealkylation sites (N-methyl/N-ethyl adjacent to an activating group) is 1. The summed E-state index contributed by atoms with van der Waals surface area (Å²) in [4.78, 5) is 14.9. The molecule has 1 heterocycles. The molecule has 2 atom stereocenters. The zero-order valence-electron chi connectivity index (χ0n) is 12.4. The Hall–Kier alpha value is -1.24. The lowest BCUT2D eigenvalue weighted by Crippen LogP contribution is -2.44. The molecule has 1 aliphatic rings. The number of nitrogens with zero attached hydrogens (tertiary/aromatic N) is 1. The molecule has 0 fully saturated rings. The van der Waals surface area contributed by atoms with Gasteiger partial charge >= 0.3 is 6.03 Å². The average Bonchev–Trinajstić information content (AvgIpc) is 2.47. The van der Waals surface area contributed by atoms with E-state index < -0.39 is 6.10 Å². The minimum Gasteiger partial charge on any atom is -0.389 e. The van der Waals surface area contributed by atoms with E-state index in [0.717, 1.165) is 12.2 Å². The minimum absolute atomic E-state index is 0.0389. The molecular formula is C15H22N2O3S. The zero-order valence-corrected chi connectivity index (χ0v) is 13.2. The van der Waals surface area contributed by atoms with Gasteiger partial charge in [0.1, 0.15) is 0 Å². The van der Waals surface area contributed by atoms with Crippen LogP contribution in [0.1, 0.15) is 18.0 Å². The van der Waals surface area contributed by atoms with Crippen molar-refractivity contribution in [1.82, 2.24) is 10.2 Å². The van der Waals surface area contributed by atoms with Crippen molar-refractivity contribution in [3.63, 3.8) is 0 Å². The van der Waals surface area contributed by atoms with Crippen LogP contribution >= 0.6 is 11.8 Å². The number of carbonyl (C=O) groups is 1. The molecule has 0 unspecified atom stereocenters. The number of fused-ring (bicyclic) bond motifs is 1. The maximum atomic E-state index is 12.2. The Morgan fingerprint density at radius 1 is 1.57 bits per heavy atom. The Morgan fingerprint density at radius 3 is 3.10 bits per heavy atom. The molecule has 1 aromatic rings. The molecule has 5 nitrogen and oxygen atoms in total. The highest BCUT2D eigenvalue weighted by Crippen LogP contribution is 2.35. The van der Waals surface area contributed by atoms with E-state index in [1.807, 2.05) is 23.9 Å². The third-order valence-electron chi connectivity index (χ3n) is 3.45. The normalized spacial score (nSPS) is 18.7. The lowest BCUT2D eigenvalue weighted by Gasteiger charge is -2.28. The number of urea groups is 1. The monoisotopic (exact) mass is 310 g/mol. The van der Waals surface area contributed by atoms with Crippen LogP contribution in [0.4, 0.5) is 4.79 Å². The largest absolute Gasteiger partial charge is 0.389 e. The van der Waals surface area contributed by atoms with E-state index in [0.29, 0.717) is 0 Å². The van der Waals surface area contributed by atoms with E-state index in [1.165, 1.54) is 22.5 Å². The fourth-order valence-corrected chi connectivity index (χ4v) is 3.52. The first kappa shape index (κ1) is 16.1. The first-order valence-corrected chi connectivity index (χ1v) is 8.00. The summed E-state index contributed by atoms with van der Waals surface area (Å²) in [5, 5.41) is 12.7. The van der Waals surface area contributed by atoms with Gasteiger partial charge in [0.05, 0.1) is 25.3 Å². The standard InChI is InChI=1S/C15H22N2O3S/c1-17(9-11(18)10-20-2)15(19)16-13-7-8-21-14-6-4-3-5-12(13)14/h3-6,11,13,18H,7-10H2,1-2H3,(H,16,19)/t11-,13-/m0/s1. The van der Waals surface area contributed by atoms with Gasteiger partial charge in [0.2, 0.25) is 0 Å². The van der Waals surface area contributed by atoms with Gasteiger partial charge in [-0.05, 0) is 18.1 Å². The van der Waals surface area contributed by atoms with Gasteiger partial charge in [0.15, 0.2) is 0 Å². The van der Waals surface area contributed by atoms with E-state index >= 15 is 0 Å². The summed E-state index contributed by atoms with van der Waals surface area (Å²) >= 11 is 1.82. The Balaban J connectivity index is 1.94. The lowest BCUT2D eigenvalue weighted by molar-refractivity contribution is 0.0487. The number of carbonyl (C=O) groups excluding carboxylic acids is 1. The highest BCUT2D eigenvalue weighted by molar-refractivity contribution is 7.99. The molecule has 6 heteroatoms. The molecule has 0 aromatic heterocycles. The predicted octanol–water partition coefficient (Wildman–Crippen LogP) is 1.87. The van der Waals surface area contributed by atoms with Crippen molar-refractivity contribution < 1.29 is 14.6 Å². The maximum Gasteiger partial charge on any atom is 0.317 e. The van der Waals surface area contributed by atoms with Gasteiger partial charge in [-0.3, -0.25) is 0 Å². The van der Waals surface area contributed by atoms with Crippen molar-refractivity contribution >= 4 is 17.8 Å². The summed E-state index contributed by atoms with van der Waals surface area (Å²) in [6.45, 7) is 0.476. The number of amides is 2. The average molecular weight is 310 g/mol. The molecule has 0 saturated carbocycles. The van der Waals surface area contributed by atoms with Gasteiger partial charge in [0.25, 0.3) is 0 Å². The minimum atomic E-state index is -0.667. The van der Waals surface area contributed by atoms with Crippen LogP contribution in [0, 0.1) is 0 Å². The molecular weight excluding hydrogens is 288 g/mol. The van der Waals surface area contributed by atoms with E-state index in [4.69, 9.17) is 4.74 Å². The fraction of sp³-hybridized carbons (Fsp3) is 0.533. The van der Waals surface area contributed by atoms with Crippen molar-refractivity contribution in [2.75, 3.05) is 33.1 Å². The zero-order chi connectivity index (χ0) is 15.2. The van der Waals surface area contributed by atoms with E-state index in [9.17, 15) is 9.90 Å². The Bertz CT molecular complexity index is 484. The van der Waals surface area contributed by atoms with Crippen LogP contribution < -0.4 is 5.32 Å². The number of aliphatic hydroxyl groups excluding tert-OH is 1. The number of aliphatic hydroxyl groups is 1. The first-order chi connectivity index (χ1) is 10.1. The number of hydrogen-bond donors (Lipinski definition) is 2. The van der Waals surface area contributed by atoms with Gasteiger partial charge in [-0.15, -0.1) is 11.8 Å². The second-order valence-electron chi connectivity index (χ2n) is 5.17. The summed E-state index contributed by atoms with van der Waals surface area (Å²) in [5.41, 5.74) is 1.17. The molecule has 0 aliphatic carbocycles. The van der Waals surface area contributed by atoms with Crippen molar-refractivity contribution in [1.29, 1.82) is 0 Å². The van der Waals surface area contributed by atoms with Crippen LogP contribution in [-0.4, -0.2) is 55.2 Å². The number of rotatable bonds is 5. The second-order valence-corrected chi connectivity index (χ2v) is 6.30. The molecule has 2 N–H and O–H groups in total. The van der Waals surface area contributed by atoms with Crippen LogP contribution in [0.15, 0.2) is 29.2 Å². The van der Waals surface area contributed by atoms with Gasteiger partial charge in [-0.25, -0.2) is 4.79 Å². The Kier molecular flexibility index (Phi) is 5.90. The van der Waals surface area contributed by atoms with Crippen molar-refractivity contribution in [3.8, 4) is 0 Å². The van der Waals surface area contributed by atoms with Crippen LogP contribution in [0.2, 0.25) is 0 Å². The molecule has 1 aromatic carbocycles. The molecule has 116 valence electrons. The number of ether oxygens (including phenoxy) is 1. The van der Waals surface area contributed by atoms with Crippen molar-refractivity contribution in [2.24, 2.45) is 0 Å². The summed E-state index contributed by atoms with van der Waals surface area (Å²) in [6.07, 6.45) is 0.252. The highest BCUT2D eigenvalue weighted by Gasteiger charge is 2.23. The van der Waals surface area contributed by atoms with Crippen LogP contribution in [0.3, 0.4) is 0 Å². The van der Waals surface area contributed by atoms with Gasteiger partial charge < -0.3 is 20.1 Å². The van der Waals surface area contributed by atoms with Gasteiger partial charge in [0, 0.05) is 24.8 Å². The van der Waals surface area contributed by atoms with E-state index in [1.54, 1.807) is 7.05 Å². The third kappa shape index (κ3) is 4.36. The topological polar surface area (TPSA) is 61.8 Å². The number of thioether (sulfide) groups is 1. The number of hydrogen-bond acceptors (Lipinski definition) is 4. The van der Waals surface area contributed by atoms with Crippen LogP contribution in [-0.2, 0) is 4.74 Å². The molecule has 0 bridgehead atoms. The van der Waals surface area contributed by atoms with Crippen molar-refractivity contribution in [3.05, 3.63) is 29.8 Å². The van der Waals surface area contributed by atoms with Crippen molar-refractivity contribution in [2.45, 2.75) is 23.5 Å². The molecule has 2 amide bonds. The second kappa shape index (κ2) is 7.68. The molecule has 0 radical (unpaired) electrons. The predicted molar refractivity (Wildman–Crippen MR) is 83.6 cm³/mol. The molecule has 2 rings (SSSR count). The number of benzene rings is 1. The summed E-state index contributed by atoms with van der Waals surface area (Å²) in [5.74, 6) is 0.998. The number of methoxy groups -OCH3 is 1. The van der Waals surface area contributed by atoms with Gasteiger partial charge in [-0.2, -0.15) is 0 Å². The maximum absolute atomic E-state index is 12.2. The quantitative estimate of drug-likeness (QED) is 0.871. The van der Waals surface area contributed by atoms with Crippen LogP contribution in [0.5, 0.6) is 0 Å². The van der Waals surface area contributed by atoms with Gasteiger partial charge in [-0.1, -0.05) is 18.2 Å². The van der Waals surface area contributed by atoms with E-state index in [2.05, 4.69) is 17.4 Å². The molecule has 0 saturated heterocycles. The Morgan fingerprint density at radius 2 is 2.33 bits per heavy atom. The fourth-order valence-electron chi connectivity index (χ4n) is 2.40. The number of nitrogens with one attached hydrogen (secondary N) is 1. The third-order valence-corrected chi connectivity index (χ3v) is 4.57. The summed E-state index contributed by atoms with van der Waals surface area (Å²) in [7, 11) is 3.21. The molecule has 0 spiro atoms. The molecule has 1 aliphatic heterocycles. The summed E-state index contributed by atoms with van der Waals surface area (Å²) < 4.78 is 4.87. The van der Waals surface area contributed by atoms with Crippen LogP contribution in [0.25, 0.3) is 0 Å².